The summed E-state index contributed by atoms with van der Waals surface area (Å²) >= 11 is 3.45. The molecule has 0 spiro atoms. The van der Waals surface area contributed by atoms with Crippen LogP contribution in [0.3, 0.4) is 0 Å². The standard InChI is InChI=1S/C23H24N2O2S2/c1-23(2,3)22(27)24-16-7-4-6-15(14-16)21(26)25-11-9-18-17(10-13-29-18)20(25)19-8-5-12-28-19/h4-8,10,12-14,20H,9,11H2,1-3H3,(H,24,27). The first kappa shape index (κ1) is 19.9. The average molecular weight is 425 g/mol. The van der Waals surface area contributed by atoms with E-state index in [0.717, 1.165) is 6.42 Å². The van der Waals surface area contributed by atoms with Gasteiger partial charge in [-0.05, 0) is 53.1 Å². The number of thiophene rings is 2. The Morgan fingerprint density at radius 1 is 1.07 bits per heavy atom. The molecule has 0 radical (unpaired) electrons. The third-order valence-corrected chi connectivity index (χ3v) is 7.01. The molecular weight excluding hydrogens is 400 g/mol. The quantitative estimate of drug-likeness (QED) is 0.596. The number of nitrogens with zero attached hydrogens (tertiary/aromatic N) is 1. The normalized spacial score (nSPS) is 16.4. The van der Waals surface area contributed by atoms with Gasteiger partial charge in [0.05, 0.1) is 6.04 Å². The van der Waals surface area contributed by atoms with E-state index in [4.69, 9.17) is 0 Å². The Morgan fingerprint density at radius 2 is 1.90 bits per heavy atom. The molecule has 1 aliphatic heterocycles. The Labute approximate surface area is 179 Å². The molecule has 0 aliphatic carbocycles. The second-order valence-corrected chi connectivity index (χ2v) is 10.2. The molecule has 3 heterocycles. The van der Waals surface area contributed by atoms with Crippen LogP contribution >= 0.6 is 22.7 Å². The zero-order valence-corrected chi connectivity index (χ0v) is 18.4. The minimum atomic E-state index is -0.494. The molecule has 4 nitrogen and oxygen atoms in total. The predicted octanol–water partition coefficient (Wildman–Crippen LogP) is 5.58. The molecule has 1 aromatic carbocycles. The zero-order valence-electron chi connectivity index (χ0n) is 16.8. The maximum Gasteiger partial charge on any atom is 0.254 e. The molecule has 1 N–H and O–H groups in total. The molecule has 0 saturated heterocycles. The summed E-state index contributed by atoms with van der Waals surface area (Å²) in [6.45, 7) is 6.30. The van der Waals surface area contributed by atoms with Crippen molar-refractivity contribution in [3.05, 3.63) is 74.1 Å². The van der Waals surface area contributed by atoms with Crippen molar-refractivity contribution in [1.82, 2.24) is 4.90 Å². The van der Waals surface area contributed by atoms with E-state index in [1.165, 1.54) is 15.3 Å². The summed E-state index contributed by atoms with van der Waals surface area (Å²) in [5.74, 6) is -0.0773. The van der Waals surface area contributed by atoms with Gasteiger partial charge in [-0.15, -0.1) is 22.7 Å². The monoisotopic (exact) mass is 424 g/mol. The first-order chi connectivity index (χ1) is 13.8. The van der Waals surface area contributed by atoms with Crippen LogP contribution in [0, 0.1) is 5.41 Å². The molecule has 0 bridgehead atoms. The van der Waals surface area contributed by atoms with Crippen LogP contribution in [-0.2, 0) is 11.2 Å². The number of nitrogens with one attached hydrogen (secondary N) is 1. The van der Waals surface area contributed by atoms with Gasteiger partial charge in [0.1, 0.15) is 0 Å². The van der Waals surface area contributed by atoms with Gasteiger partial charge in [0, 0.05) is 33.0 Å². The van der Waals surface area contributed by atoms with Gasteiger partial charge < -0.3 is 10.2 Å². The van der Waals surface area contributed by atoms with E-state index in [1.807, 2.05) is 49.9 Å². The number of carbonyl (C=O) groups excluding carboxylic acids is 2. The van der Waals surface area contributed by atoms with Crippen LogP contribution < -0.4 is 5.32 Å². The van der Waals surface area contributed by atoms with E-state index in [-0.39, 0.29) is 17.9 Å². The number of carbonyl (C=O) groups is 2. The van der Waals surface area contributed by atoms with Gasteiger partial charge in [0.25, 0.3) is 5.91 Å². The molecule has 0 fully saturated rings. The molecule has 3 aromatic rings. The molecular formula is C23H24N2O2S2. The highest BCUT2D eigenvalue weighted by Crippen LogP contribution is 2.40. The van der Waals surface area contributed by atoms with Crippen molar-refractivity contribution in [2.24, 2.45) is 5.41 Å². The number of rotatable bonds is 3. The lowest BCUT2D eigenvalue weighted by atomic mass is 9.95. The van der Waals surface area contributed by atoms with Crippen LogP contribution in [0.5, 0.6) is 0 Å². The van der Waals surface area contributed by atoms with Crippen molar-refractivity contribution in [2.75, 3.05) is 11.9 Å². The maximum atomic E-state index is 13.5. The summed E-state index contributed by atoms with van der Waals surface area (Å²) in [4.78, 5) is 30.3. The largest absolute Gasteiger partial charge is 0.326 e. The number of hydrogen-bond donors (Lipinski definition) is 1. The van der Waals surface area contributed by atoms with Gasteiger partial charge in [-0.25, -0.2) is 0 Å². The molecule has 4 rings (SSSR count). The summed E-state index contributed by atoms with van der Waals surface area (Å²) in [6, 6.07) is 13.5. The second-order valence-electron chi connectivity index (χ2n) is 8.25. The van der Waals surface area contributed by atoms with E-state index < -0.39 is 5.41 Å². The van der Waals surface area contributed by atoms with Crippen molar-refractivity contribution in [1.29, 1.82) is 0 Å². The van der Waals surface area contributed by atoms with E-state index in [2.05, 4.69) is 28.2 Å². The van der Waals surface area contributed by atoms with Crippen LogP contribution in [0.2, 0.25) is 0 Å². The molecule has 2 amide bonds. The smallest absolute Gasteiger partial charge is 0.254 e. The first-order valence-electron chi connectivity index (χ1n) is 9.67. The highest BCUT2D eigenvalue weighted by atomic mass is 32.1. The number of amides is 2. The van der Waals surface area contributed by atoms with E-state index in [9.17, 15) is 9.59 Å². The van der Waals surface area contributed by atoms with Gasteiger partial charge in [-0.1, -0.05) is 32.9 Å². The van der Waals surface area contributed by atoms with E-state index in [1.54, 1.807) is 28.7 Å². The lowest BCUT2D eigenvalue weighted by Gasteiger charge is -2.35. The fraction of sp³-hybridized carbons (Fsp3) is 0.304. The third kappa shape index (κ3) is 4.00. The van der Waals surface area contributed by atoms with Crippen molar-refractivity contribution in [3.63, 3.8) is 0 Å². The topological polar surface area (TPSA) is 49.4 Å². The van der Waals surface area contributed by atoms with E-state index >= 15 is 0 Å². The molecule has 1 unspecified atom stereocenters. The van der Waals surface area contributed by atoms with Crippen molar-refractivity contribution in [2.45, 2.75) is 33.2 Å². The van der Waals surface area contributed by atoms with Crippen LogP contribution in [0.4, 0.5) is 5.69 Å². The van der Waals surface area contributed by atoms with Gasteiger partial charge in [0.15, 0.2) is 0 Å². The van der Waals surface area contributed by atoms with Gasteiger partial charge in [-0.3, -0.25) is 9.59 Å². The maximum absolute atomic E-state index is 13.5. The molecule has 0 saturated carbocycles. The van der Waals surface area contributed by atoms with Crippen LogP contribution in [0.15, 0.2) is 53.2 Å². The Balaban J connectivity index is 1.64. The molecule has 1 atom stereocenters. The van der Waals surface area contributed by atoms with Crippen LogP contribution in [-0.4, -0.2) is 23.3 Å². The SMILES string of the molecule is CC(C)(C)C(=O)Nc1cccc(C(=O)N2CCc3sccc3C2c2cccs2)c1. The molecule has 29 heavy (non-hydrogen) atoms. The minimum Gasteiger partial charge on any atom is -0.326 e. The lowest BCUT2D eigenvalue weighted by Crippen LogP contribution is -2.39. The van der Waals surface area contributed by atoms with Crippen molar-refractivity contribution >= 4 is 40.2 Å². The highest BCUT2D eigenvalue weighted by Gasteiger charge is 2.34. The first-order valence-corrected chi connectivity index (χ1v) is 11.4. The fourth-order valence-corrected chi connectivity index (χ4v) is 5.26. The Kier molecular flexibility index (Phi) is 5.32. The van der Waals surface area contributed by atoms with Gasteiger partial charge in [-0.2, -0.15) is 0 Å². The average Bonchev–Trinajstić information content (AvgIpc) is 3.38. The van der Waals surface area contributed by atoms with Gasteiger partial charge >= 0.3 is 0 Å². The molecule has 2 aromatic heterocycles. The summed E-state index contributed by atoms with van der Waals surface area (Å²) in [7, 11) is 0. The number of hydrogen-bond acceptors (Lipinski definition) is 4. The van der Waals surface area contributed by atoms with Crippen LogP contribution in [0.1, 0.15) is 52.5 Å². The van der Waals surface area contributed by atoms with Gasteiger partial charge in [0.2, 0.25) is 5.91 Å². The lowest BCUT2D eigenvalue weighted by molar-refractivity contribution is -0.123. The number of benzene rings is 1. The number of fused-ring (bicyclic) bond motifs is 1. The summed E-state index contributed by atoms with van der Waals surface area (Å²) in [6.07, 6.45) is 0.876. The Bertz CT molecular complexity index is 1030. The molecule has 6 heteroatoms. The summed E-state index contributed by atoms with van der Waals surface area (Å²) in [5, 5.41) is 7.09. The summed E-state index contributed by atoms with van der Waals surface area (Å²) < 4.78 is 0. The Hall–Kier alpha value is -2.44. The second kappa shape index (κ2) is 7.76. The fourth-order valence-electron chi connectivity index (χ4n) is 3.50. The third-order valence-electron chi connectivity index (χ3n) is 5.09. The van der Waals surface area contributed by atoms with E-state index in [0.29, 0.717) is 17.8 Å². The summed E-state index contributed by atoms with van der Waals surface area (Å²) in [5.41, 5.74) is 1.98. The minimum absolute atomic E-state index is 0.00731. The zero-order chi connectivity index (χ0) is 20.6. The Morgan fingerprint density at radius 3 is 2.62 bits per heavy atom. The molecule has 150 valence electrons. The van der Waals surface area contributed by atoms with Crippen molar-refractivity contribution < 1.29 is 9.59 Å². The highest BCUT2D eigenvalue weighted by molar-refractivity contribution is 7.10. The molecule has 1 aliphatic rings. The number of anilines is 1. The predicted molar refractivity (Wildman–Crippen MR) is 120 cm³/mol. The van der Waals surface area contributed by atoms with Crippen LogP contribution in [0.25, 0.3) is 0 Å². The van der Waals surface area contributed by atoms with Crippen molar-refractivity contribution in [3.8, 4) is 0 Å².